The number of pyridine rings is 2. The number of nitrogens with zero attached hydrogens (tertiary/aromatic N) is 2. The molecule has 0 atom stereocenters. The summed E-state index contributed by atoms with van der Waals surface area (Å²) in [6.07, 6.45) is 3.12. The molecule has 0 radical (unpaired) electrons. The molecule has 5 nitrogen and oxygen atoms in total. The van der Waals surface area contributed by atoms with E-state index in [2.05, 4.69) is 9.97 Å². The molecule has 0 saturated heterocycles. The molecule has 0 amide bonds. The Kier molecular flexibility index (Phi) is 4.90. The number of ether oxygens (including phenoxy) is 1. The third-order valence-electron chi connectivity index (χ3n) is 3.01. The Bertz CT molecular complexity index is 611. The molecule has 2 rings (SSSR count). The molecule has 0 aliphatic heterocycles. The van der Waals surface area contributed by atoms with Crippen molar-refractivity contribution in [3.63, 3.8) is 0 Å². The van der Waals surface area contributed by atoms with Crippen molar-refractivity contribution in [3.05, 3.63) is 59.2 Å². The van der Waals surface area contributed by atoms with Gasteiger partial charge >= 0.3 is 0 Å². The first-order valence-corrected chi connectivity index (χ1v) is 6.57. The molecular weight excluding hydrogens is 268 g/mol. The van der Waals surface area contributed by atoms with E-state index in [4.69, 9.17) is 4.74 Å². The standard InChI is InChI=1S/C16H16N2O3/c1-11-5-3-7-17-15(11)13(19)9-21-10-14(20)16-12(2)6-4-8-18-16/h3-8H,9-10H2,1-2H3. The SMILES string of the molecule is Cc1cccnc1C(=O)COCC(=O)c1ncccc1C. The number of aryl methyl sites for hydroxylation is 2. The Morgan fingerprint density at radius 2 is 1.33 bits per heavy atom. The molecule has 2 aromatic rings. The zero-order valence-corrected chi connectivity index (χ0v) is 12.0. The van der Waals surface area contributed by atoms with Gasteiger partial charge in [0, 0.05) is 12.4 Å². The van der Waals surface area contributed by atoms with Crippen molar-refractivity contribution in [2.45, 2.75) is 13.8 Å². The van der Waals surface area contributed by atoms with Crippen LogP contribution in [0.25, 0.3) is 0 Å². The Hall–Kier alpha value is -2.40. The van der Waals surface area contributed by atoms with Crippen LogP contribution in [0.3, 0.4) is 0 Å². The van der Waals surface area contributed by atoms with Crippen molar-refractivity contribution in [2.24, 2.45) is 0 Å². The maximum absolute atomic E-state index is 11.9. The Labute approximate surface area is 123 Å². The average Bonchev–Trinajstić information content (AvgIpc) is 2.48. The van der Waals surface area contributed by atoms with Gasteiger partial charge in [-0.3, -0.25) is 19.6 Å². The van der Waals surface area contributed by atoms with Gasteiger partial charge in [0.2, 0.25) is 11.6 Å². The summed E-state index contributed by atoms with van der Waals surface area (Å²) in [5.41, 5.74) is 2.33. The lowest BCUT2D eigenvalue weighted by Crippen LogP contribution is -2.18. The summed E-state index contributed by atoms with van der Waals surface area (Å²) in [6, 6.07) is 7.14. The molecule has 2 heterocycles. The molecule has 2 aromatic heterocycles. The van der Waals surface area contributed by atoms with Crippen LogP contribution in [0.4, 0.5) is 0 Å². The molecule has 0 bridgehead atoms. The third kappa shape index (κ3) is 3.79. The monoisotopic (exact) mass is 284 g/mol. The highest BCUT2D eigenvalue weighted by Crippen LogP contribution is 2.06. The van der Waals surface area contributed by atoms with Crippen molar-refractivity contribution in [3.8, 4) is 0 Å². The maximum Gasteiger partial charge on any atom is 0.207 e. The van der Waals surface area contributed by atoms with E-state index in [0.29, 0.717) is 11.4 Å². The summed E-state index contributed by atoms with van der Waals surface area (Å²) in [4.78, 5) is 31.9. The second kappa shape index (κ2) is 6.85. The second-order valence-electron chi connectivity index (χ2n) is 4.68. The van der Waals surface area contributed by atoms with Gasteiger partial charge in [0.1, 0.15) is 24.6 Å². The number of carbonyl (C=O) groups is 2. The highest BCUT2D eigenvalue weighted by Gasteiger charge is 2.14. The topological polar surface area (TPSA) is 69.2 Å². The van der Waals surface area contributed by atoms with Gasteiger partial charge in [-0.25, -0.2) is 0 Å². The molecule has 0 N–H and O–H groups in total. The first-order valence-electron chi connectivity index (χ1n) is 6.57. The summed E-state index contributed by atoms with van der Waals surface area (Å²) >= 11 is 0. The Morgan fingerprint density at radius 1 is 0.905 bits per heavy atom. The lowest BCUT2D eigenvalue weighted by molar-refractivity contribution is 0.0666. The average molecular weight is 284 g/mol. The summed E-state index contributed by atoms with van der Waals surface area (Å²) < 4.78 is 5.20. The number of hydrogen-bond acceptors (Lipinski definition) is 5. The van der Waals surface area contributed by atoms with E-state index in [0.717, 1.165) is 11.1 Å². The number of hydrogen-bond donors (Lipinski definition) is 0. The van der Waals surface area contributed by atoms with Crippen LogP contribution in [0, 0.1) is 13.8 Å². The molecule has 108 valence electrons. The van der Waals surface area contributed by atoms with E-state index < -0.39 is 0 Å². The predicted molar refractivity (Wildman–Crippen MR) is 77.4 cm³/mol. The molecule has 0 aliphatic rings. The van der Waals surface area contributed by atoms with Gasteiger partial charge in [-0.15, -0.1) is 0 Å². The van der Waals surface area contributed by atoms with E-state index in [-0.39, 0.29) is 24.8 Å². The highest BCUT2D eigenvalue weighted by molar-refractivity contribution is 5.98. The number of aromatic nitrogens is 2. The van der Waals surface area contributed by atoms with Crippen LogP contribution in [-0.2, 0) is 4.74 Å². The molecule has 0 aromatic carbocycles. The number of Topliss-reactive ketones (excluding diaryl/α,β-unsaturated/α-hetero) is 2. The van der Waals surface area contributed by atoms with Crippen LogP contribution in [0.15, 0.2) is 36.7 Å². The first kappa shape index (κ1) is 15.0. The third-order valence-corrected chi connectivity index (χ3v) is 3.01. The molecule has 21 heavy (non-hydrogen) atoms. The van der Waals surface area contributed by atoms with E-state index >= 15 is 0 Å². The molecule has 0 unspecified atom stereocenters. The quantitative estimate of drug-likeness (QED) is 0.760. The molecule has 0 aliphatic carbocycles. The zero-order chi connectivity index (χ0) is 15.2. The molecule has 0 spiro atoms. The van der Waals surface area contributed by atoms with Crippen molar-refractivity contribution in [2.75, 3.05) is 13.2 Å². The zero-order valence-electron chi connectivity index (χ0n) is 12.0. The second-order valence-corrected chi connectivity index (χ2v) is 4.68. The minimum Gasteiger partial charge on any atom is -0.365 e. The van der Waals surface area contributed by atoms with Crippen molar-refractivity contribution in [1.29, 1.82) is 0 Å². The number of carbonyl (C=O) groups excluding carboxylic acids is 2. The maximum atomic E-state index is 11.9. The number of rotatable bonds is 6. The normalized spacial score (nSPS) is 10.4. The molecule has 5 heteroatoms. The van der Waals surface area contributed by atoms with Gasteiger partial charge in [-0.05, 0) is 37.1 Å². The molecule has 0 saturated carbocycles. The Morgan fingerprint density at radius 3 is 1.71 bits per heavy atom. The van der Waals surface area contributed by atoms with Gasteiger partial charge in [0.25, 0.3) is 0 Å². The van der Waals surface area contributed by atoms with E-state index in [1.165, 1.54) is 0 Å². The van der Waals surface area contributed by atoms with Crippen LogP contribution in [0.2, 0.25) is 0 Å². The highest BCUT2D eigenvalue weighted by atomic mass is 16.5. The fourth-order valence-electron chi connectivity index (χ4n) is 1.93. The van der Waals surface area contributed by atoms with E-state index in [9.17, 15) is 9.59 Å². The van der Waals surface area contributed by atoms with Crippen molar-refractivity contribution in [1.82, 2.24) is 9.97 Å². The van der Waals surface area contributed by atoms with Crippen LogP contribution in [0.5, 0.6) is 0 Å². The molecule has 0 fully saturated rings. The van der Waals surface area contributed by atoms with Crippen LogP contribution in [0.1, 0.15) is 32.1 Å². The van der Waals surface area contributed by atoms with Crippen molar-refractivity contribution < 1.29 is 14.3 Å². The lowest BCUT2D eigenvalue weighted by atomic mass is 10.1. The fourth-order valence-corrected chi connectivity index (χ4v) is 1.93. The van der Waals surface area contributed by atoms with Gasteiger partial charge in [-0.2, -0.15) is 0 Å². The smallest absolute Gasteiger partial charge is 0.207 e. The van der Waals surface area contributed by atoms with E-state index in [1.807, 2.05) is 26.0 Å². The Balaban J connectivity index is 1.90. The summed E-state index contributed by atoms with van der Waals surface area (Å²) in [5.74, 6) is -0.475. The number of ketones is 2. The minimum atomic E-state index is -0.237. The predicted octanol–water partition coefficient (Wildman–Crippen LogP) is 2.18. The first-order chi connectivity index (χ1) is 10.1. The van der Waals surface area contributed by atoms with Gasteiger partial charge in [0.15, 0.2) is 0 Å². The largest absolute Gasteiger partial charge is 0.365 e. The van der Waals surface area contributed by atoms with Gasteiger partial charge < -0.3 is 4.74 Å². The minimum absolute atomic E-state index is 0.171. The summed E-state index contributed by atoms with van der Waals surface area (Å²) in [6.45, 7) is 3.27. The summed E-state index contributed by atoms with van der Waals surface area (Å²) in [5, 5.41) is 0. The van der Waals surface area contributed by atoms with Gasteiger partial charge in [-0.1, -0.05) is 12.1 Å². The lowest BCUT2D eigenvalue weighted by Gasteiger charge is -2.06. The van der Waals surface area contributed by atoms with Crippen molar-refractivity contribution >= 4 is 11.6 Å². The van der Waals surface area contributed by atoms with Crippen LogP contribution in [-0.4, -0.2) is 34.7 Å². The molecular formula is C16H16N2O3. The summed E-state index contributed by atoms with van der Waals surface area (Å²) in [7, 11) is 0. The fraction of sp³-hybridized carbons (Fsp3) is 0.250. The van der Waals surface area contributed by atoms with Gasteiger partial charge in [0.05, 0.1) is 0 Å². The van der Waals surface area contributed by atoms with Crippen LogP contribution < -0.4 is 0 Å². The van der Waals surface area contributed by atoms with E-state index in [1.54, 1.807) is 24.5 Å². The van der Waals surface area contributed by atoms with Crippen LogP contribution >= 0.6 is 0 Å².